The molecule has 2 aromatic carbocycles. The number of hydrogen-bond acceptors (Lipinski definition) is 6. The molecule has 3 rings (SSSR count). The van der Waals surface area contributed by atoms with Crippen molar-refractivity contribution in [3.05, 3.63) is 81.9 Å². The van der Waals surface area contributed by atoms with Crippen molar-refractivity contribution < 1.29 is 4.92 Å². The molecule has 8 heteroatoms. The van der Waals surface area contributed by atoms with E-state index in [2.05, 4.69) is 10.3 Å². The van der Waals surface area contributed by atoms with Gasteiger partial charge in [-0.1, -0.05) is 54.6 Å². The van der Waals surface area contributed by atoms with E-state index >= 15 is 0 Å². The van der Waals surface area contributed by atoms with Crippen molar-refractivity contribution >= 4 is 23.0 Å². The molecule has 0 saturated carbocycles. The Labute approximate surface area is 161 Å². The molecule has 0 spiro atoms. The summed E-state index contributed by atoms with van der Waals surface area (Å²) < 4.78 is 0. The average molecular weight is 376 g/mol. The number of nitrogens with zero attached hydrogens (tertiary/aromatic N) is 2. The second kappa shape index (κ2) is 8.17. The van der Waals surface area contributed by atoms with Crippen molar-refractivity contribution in [1.82, 2.24) is 4.98 Å². The SMILES string of the molecule is N=C(N)c1ccc(-c2cc(NCCc3ccccc3)c([N+](=O)[O-])c(N)n2)cc1. The average Bonchev–Trinajstić information content (AvgIpc) is 2.68. The lowest BCUT2D eigenvalue weighted by atomic mass is 10.1. The van der Waals surface area contributed by atoms with E-state index in [1.165, 1.54) is 0 Å². The van der Waals surface area contributed by atoms with Crippen LogP contribution in [0.3, 0.4) is 0 Å². The van der Waals surface area contributed by atoms with Gasteiger partial charge in [-0.05, 0) is 18.1 Å². The van der Waals surface area contributed by atoms with Crippen molar-refractivity contribution in [2.24, 2.45) is 5.73 Å². The number of benzene rings is 2. The lowest BCUT2D eigenvalue weighted by Crippen LogP contribution is -2.11. The van der Waals surface area contributed by atoms with E-state index in [0.29, 0.717) is 29.9 Å². The van der Waals surface area contributed by atoms with Crippen LogP contribution in [-0.2, 0) is 6.42 Å². The number of hydrogen-bond donors (Lipinski definition) is 4. The van der Waals surface area contributed by atoms with Crippen LogP contribution in [0.5, 0.6) is 0 Å². The highest BCUT2D eigenvalue weighted by Gasteiger charge is 2.21. The van der Waals surface area contributed by atoms with Crippen molar-refractivity contribution in [3.8, 4) is 11.3 Å². The van der Waals surface area contributed by atoms with Gasteiger partial charge in [0.1, 0.15) is 11.5 Å². The Morgan fingerprint density at radius 1 is 1.14 bits per heavy atom. The highest BCUT2D eigenvalue weighted by atomic mass is 16.6. The van der Waals surface area contributed by atoms with Crippen LogP contribution in [0, 0.1) is 15.5 Å². The summed E-state index contributed by atoms with van der Waals surface area (Å²) in [5, 5.41) is 22.0. The van der Waals surface area contributed by atoms with Crippen molar-refractivity contribution in [3.63, 3.8) is 0 Å². The first-order chi connectivity index (χ1) is 13.5. The van der Waals surface area contributed by atoms with Crippen molar-refractivity contribution in [1.29, 1.82) is 5.41 Å². The van der Waals surface area contributed by atoms with Crippen LogP contribution in [0.25, 0.3) is 11.3 Å². The summed E-state index contributed by atoms with van der Waals surface area (Å²) in [6, 6.07) is 18.3. The Morgan fingerprint density at radius 3 is 2.43 bits per heavy atom. The molecule has 0 aliphatic rings. The summed E-state index contributed by atoms with van der Waals surface area (Å²) in [7, 11) is 0. The van der Waals surface area contributed by atoms with E-state index in [1.54, 1.807) is 30.3 Å². The molecule has 0 atom stereocenters. The summed E-state index contributed by atoms with van der Waals surface area (Å²) in [5.74, 6) is -0.189. The molecule has 0 aliphatic heterocycles. The van der Waals surface area contributed by atoms with E-state index in [0.717, 1.165) is 11.1 Å². The summed E-state index contributed by atoms with van der Waals surface area (Å²) >= 11 is 0. The highest BCUT2D eigenvalue weighted by molar-refractivity contribution is 5.95. The van der Waals surface area contributed by atoms with Gasteiger partial charge in [0, 0.05) is 17.7 Å². The minimum absolute atomic E-state index is 0.0361. The molecule has 0 radical (unpaired) electrons. The summed E-state index contributed by atoms with van der Waals surface area (Å²) in [6.07, 6.45) is 0.711. The fraction of sp³-hybridized carbons (Fsp3) is 0.100. The number of nitrogen functional groups attached to an aromatic ring is 2. The van der Waals surface area contributed by atoms with Crippen LogP contribution in [0.15, 0.2) is 60.7 Å². The number of rotatable bonds is 7. The number of nitro groups is 1. The third-order valence-electron chi connectivity index (χ3n) is 4.27. The first kappa shape index (κ1) is 18.8. The lowest BCUT2D eigenvalue weighted by Gasteiger charge is -2.11. The molecule has 0 aliphatic carbocycles. The molecule has 1 aromatic heterocycles. The number of amidine groups is 1. The van der Waals surface area contributed by atoms with Crippen LogP contribution in [0.4, 0.5) is 17.2 Å². The molecule has 3 aromatic rings. The summed E-state index contributed by atoms with van der Waals surface area (Å²) in [4.78, 5) is 15.1. The third kappa shape index (κ3) is 4.24. The Bertz CT molecular complexity index is 1000. The molecular formula is C20H20N6O2. The quantitative estimate of drug-likeness (QED) is 0.216. The zero-order valence-electron chi connectivity index (χ0n) is 15.1. The smallest absolute Gasteiger partial charge is 0.334 e. The van der Waals surface area contributed by atoms with Crippen LogP contribution in [0.2, 0.25) is 0 Å². The maximum absolute atomic E-state index is 11.5. The summed E-state index contributed by atoms with van der Waals surface area (Å²) in [5.41, 5.74) is 14.4. The Balaban J connectivity index is 1.88. The molecule has 1 heterocycles. The standard InChI is InChI=1S/C20H20N6O2/c21-19(22)15-8-6-14(7-9-15)16-12-17(18(26(27)28)20(23)25-16)24-11-10-13-4-2-1-3-5-13/h1-9,12H,10-11H2,(H3,21,22)(H3,23,24,25). The molecule has 6 N–H and O–H groups in total. The van der Waals surface area contributed by atoms with Gasteiger partial charge in [-0.15, -0.1) is 0 Å². The highest BCUT2D eigenvalue weighted by Crippen LogP contribution is 2.33. The van der Waals surface area contributed by atoms with Gasteiger partial charge in [0.25, 0.3) is 0 Å². The molecule has 0 fully saturated rings. The largest absolute Gasteiger partial charge is 0.384 e. The fourth-order valence-corrected chi connectivity index (χ4v) is 2.84. The lowest BCUT2D eigenvalue weighted by molar-refractivity contribution is -0.383. The molecule has 8 nitrogen and oxygen atoms in total. The van der Waals surface area contributed by atoms with E-state index < -0.39 is 4.92 Å². The van der Waals surface area contributed by atoms with Gasteiger partial charge < -0.3 is 16.8 Å². The number of anilines is 2. The Hall–Kier alpha value is -3.94. The van der Waals surface area contributed by atoms with Crippen LogP contribution in [-0.4, -0.2) is 22.3 Å². The molecule has 0 unspecified atom stereocenters. The second-order valence-electron chi connectivity index (χ2n) is 6.20. The van der Waals surface area contributed by atoms with Gasteiger partial charge in [-0.25, -0.2) is 4.98 Å². The van der Waals surface area contributed by atoms with E-state index in [-0.39, 0.29) is 17.3 Å². The number of nitrogens with one attached hydrogen (secondary N) is 2. The van der Waals surface area contributed by atoms with E-state index in [1.807, 2.05) is 30.3 Å². The molecule has 0 saturated heterocycles. The normalized spacial score (nSPS) is 10.4. The van der Waals surface area contributed by atoms with Gasteiger partial charge >= 0.3 is 5.69 Å². The van der Waals surface area contributed by atoms with Crippen LogP contribution >= 0.6 is 0 Å². The molecule has 0 bridgehead atoms. The fourth-order valence-electron chi connectivity index (χ4n) is 2.84. The predicted molar refractivity (Wildman–Crippen MR) is 110 cm³/mol. The van der Waals surface area contributed by atoms with Crippen LogP contribution < -0.4 is 16.8 Å². The minimum Gasteiger partial charge on any atom is -0.384 e. The van der Waals surface area contributed by atoms with Gasteiger partial charge in [0.05, 0.1) is 10.6 Å². The first-order valence-corrected chi connectivity index (χ1v) is 8.63. The topological polar surface area (TPSA) is 144 Å². The van der Waals surface area contributed by atoms with Gasteiger partial charge in [-0.3, -0.25) is 15.5 Å². The van der Waals surface area contributed by atoms with Crippen molar-refractivity contribution in [2.45, 2.75) is 6.42 Å². The first-order valence-electron chi connectivity index (χ1n) is 8.63. The zero-order valence-corrected chi connectivity index (χ0v) is 15.1. The maximum atomic E-state index is 11.5. The Kier molecular flexibility index (Phi) is 5.50. The minimum atomic E-state index is -0.532. The zero-order chi connectivity index (χ0) is 20.1. The molecular weight excluding hydrogens is 356 g/mol. The monoisotopic (exact) mass is 376 g/mol. The number of nitrogens with two attached hydrogens (primary N) is 2. The van der Waals surface area contributed by atoms with Crippen LogP contribution in [0.1, 0.15) is 11.1 Å². The number of aromatic nitrogens is 1. The molecule has 0 amide bonds. The molecule has 28 heavy (non-hydrogen) atoms. The van der Waals surface area contributed by atoms with Gasteiger partial charge in [0.15, 0.2) is 0 Å². The van der Waals surface area contributed by atoms with E-state index in [9.17, 15) is 10.1 Å². The van der Waals surface area contributed by atoms with Crippen molar-refractivity contribution in [2.75, 3.05) is 17.6 Å². The third-order valence-corrected chi connectivity index (χ3v) is 4.27. The van der Waals surface area contributed by atoms with Gasteiger partial charge in [-0.2, -0.15) is 0 Å². The molecule has 142 valence electrons. The van der Waals surface area contributed by atoms with Gasteiger partial charge in [0.2, 0.25) is 5.82 Å². The Morgan fingerprint density at radius 2 is 1.82 bits per heavy atom. The maximum Gasteiger partial charge on any atom is 0.334 e. The number of pyridine rings is 1. The second-order valence-corrected chi connectivity index (χ2v) is 6.20. The summed E-state index contributed by atoms with van der Waals surface area (Å²) in [6.45, 7) is 0.511. The predicted octanol–water partition coefficient (Wildman–Crippen LogP) is 3.18. The van der Waals surface area contributed by atoms with E-state index in [4.69, 9.17) is 16.9 Å².